The number of unbranched alkanes of at least 4 members (excludes halogenated alkanes) is 10. The first-order valence-corrected chi connectivity index (χ1v) is 11.5. The second-order valence-electron chi connectivity index (χ2n) is 9.08. The van der Waals surface area contributed by atoms with Gasteiger partial charge in [-0.1, -0.05) is 83.3 Å². The molecule has 2 amide bonds. The molecule has 0 aliphatic rings. The number of nitrogens with one attached hydrogen (secondary N) is 2. The molecule has 29 heavy (non-hydrogen) atoms. The largest absolute Gasteiger partial charge is 0.347 e. The van der Waals surface area contributed by atoms with Crippen LogP contribution in [0.4, 0.5) is 5.69 Å². The fraction of sp³-hybridized carbons (Fsp3) is 0.680. The van der Waals surface area contributed by atoms with E-state index in [1.54, 1.807) is 12.1 Å². The molecule has 0 aliphatic carbocycles. The third kappa shape index (κ3) is 12.4. The first kappa shape index (κ1) is 25.2. The first-order valence-electron chi connectivity index (χ1n) is 11.5. The Labute approximate surface area is 178 Å². The second-order valence-corrected chi connectivity index (χ2v) is 9.08. The highest BCUT2D eigenvalue weighted by Crippen LogP contribution is 2.17. The van der Waals surface area contributed by atoms with E-state index in [-0.39, 0.29) is 17.4 Å². The number of rotatable bonds is 14. The average Bonchev–Trinajstić information content (AvgIpc) is 2.65. The summed E-state index contributed by atoms with van der Waals surface area (Å²) in [6.45, 7) is 8.08. The number of anilines is 1. The van der Waals surface area contributed by atoms with Crippen LogP contribution in [0.1, 0.15) is 115 Å². The molecule has 4 nitrogen and oxygen atoms in total. The van der Waals surface area contributed by atoms with E-state index < -0.39 is 0 Å². The van der Waals surface area contributed by atoms with Gasteiger partial charge in [0.25, 0.3) is 5.91 Å². The summed E-state index contributed by atoms with van der Waals surface area (Å²) in [6, 6.07) is 7.19. The van der Waals surface area contributed by atoms with Gasteiger partial charge < -0.3 is 10.6 Å². The smallest absolute Gasteiger partial charge is 0.253 e. The molecule has 0 bridgehead atoms. The molecular formula is C25H42N2O2. The van der Waals surface area contributed by atoms with E-state index in [1.165, 1.54) is 57.8 Å². The van der Waals surface area contributed by atoms with Crippen LogP contribution in [-0.4, -0.2) is 17.4 Å². The van der Waals surface area contributed by atoms with Crippen molar-refractivity contribution in [3.63, 3.8) is 0 Å². The van der Waals surface area contributed by atoms with Crippen molar-refractivity contribution in [2.24, 2.45) is 0 Å². The van der Waals surface area contributed by atoms with Gasteiger partial charge >= 0.3 is 0 Å². The lowest BCUT2D eigenvalue weighted by atomic mass is 10.0. The number of carbonyl (C=O) groups is 2. The van der Waals surface area contributed by atoms with Crippen LogP contribution in [0.2, 0.25) is 0 Å². The third-order valence-electron chi connectivity index (χ3n) is 4.94. The molecule has 0 heterocycles. The minimum Gasteiger partial charge on any atom is -0.347 e. The number of carbonyl (C=O) groups excluding carboxylic acids is 2. The maximum absolute atomic E-state index is 12.5. The molecule has 0 aromatic heterocycles. The number of amides is 2. The summed E-state index contributed by atoms with van der Waals surface area (Å²) < 4.78 is 0. The Morgan fingerprint density at radius 2 is 1.31 bits per heavy atom. The number of hydrogen-bond acceptors (Lipinski definition) is 2. The number of benzene rings is 1. The summed E-state index contributed by atoms with van der Waals surface area (Å²) in [5, 5.41) is 5.86. The van der Waals surface area contributed by atoms with Crippen LogP contribution in [0.15, 0.2) is 24.3 Å². The summed E-state index contributed by atoms with van der Waals surface area (Å²) in [4.78, 5) is 24.7. The maximum Gasteiger partial charge on any atom is 0.253 e. The van der Waals surface area contributed by atoms with E-state index in [0.29, 0.717) is 17.7 Å². The molecule has 0 unspecified atom stereocenters. The van der Waals surface area contributed by atoms with Crippen LogP contribution >= 0.6 is 0 Å². The quantitative estimate of drug-likeness (QED) is 0.334. The summed E-state index contributed by atoms with van der Waals surface area (Å²) in [5.41, 5.74) is 0.779. The molecule has 0 saturated carbocycles. The lowest BCUT2D eigenvalue weighted by molar-refractivity contribution is -0.116. The van der Waals surface area contributed by atoms with Gasteiger partial charge in [-0.25, -0.2) is 0 Å². The second kappa shape index (κ2) is 14.2. The van der Waals surface area contributed by atoms with E-state index in [2.05, 4.69) is 17.6 Å². The van der Waals surface area contributed by atoms with Crippen molar-refractivity contribution in [3.05, 3.63) is 29.8 Å². The Morgan fingerprint density at radius 3 is 1.86 bits per heavy atom. The highest BCUT2D eigenvalue weighted by Gasteiger charge is 2.18. The van der Waals surface area contributed by atoms with Gasteiger partial charge in [-0.05, 0) is 39.3 Å². The van der Waals surface area contributed by atoms with Gasteiger partial charge in [-0.2, -0.15) is 0 Å². The van der Waals surface area contributed by atoms with Crippen LogP contribution in [0, 0.1) is 0 Å². The summed E-state index contributed by atoms with van der Waals surface area (Å²) >= 11 is 0. The molecule has 0 fully saturated rings. The van der Waals surface area contributed by atoms with E-state index in [1.807, 2.05) is 32.9 Å². The van der Waals surface area contributed by atoms with Gasteiger partial charge in [0.05, 0.1) is 11.3 Å². The predicted octanol–water partition coefficient (Wildman–Crippen LogP) is 6.85. The van der Waals surface area contributed by atoms with Gasteiger partial charge in [0.2, 0.25) is 5.91 Å². The van der Waals surface area contributed by atoms with Crippen molar-refractivity contribution in [3.8, 4) is 0 Å². The van der Waals surface area contributed by atoms with Crippen molar-refractivity contribution in [1.29, 1.82) is 0 Å². The van der Waals surface area contributed by atoms with E-state index in [9.17, 15) is 9.59 Å². The molecule has 164 valence electrons. The Balaban J connectivity index is 2.23. The van der Waals surface area contributed by atoms with Crippen LogP contribution in [0.3, 0.4) is 0 Å². The molecule has 0 spiro atoms. The SMILES string of the molecule is CCCCCCCCCCCCCC(=O)Nc1ccccc1C(=O)NC(C)(C)C. The Hall–Kier alpha value is -1.84. The predicted molar refractivity (Wildman–Crippen MR) is 123 cm³/mol. The Kier molecular flexibility index (Phi) is 12.3. The minimum atomic E-state index is -0.316. The highest BCUT2D eigenvalue weighted by atomic mass is 16.2. The molecule has 0 saturated heterocycles. The molecule has 4 heteroatoms. The lowest BCUT2D eigenvalue weighted by Gasteiger charge is -2.21. The van der Waals surface area contributed by atoms with Crippen molar-refractivity contribution in [1.82, 2.24) is 5.32 Å². The lowest BCUT2D eigenvalue weighted by Crippen LogP contribution is -2.40. The summed E-state index contributed by atoms with van der Waals surface area (Å²) in [5.74, 6) is -0.181. The highest BCUT2D eigenvalue weighted by molar-refractivity contribution is 6.03. The zero-order valence-electron chi connectivity index (χ0n) is 19.1. The van der Waals surface area contributed by atoms with Gasteiger partial charge in [0.15, 0.2) is 0 Å². The van der Waals surface area contributed by atoms with Gasteiger partial charge in [0.1, 0.15) is 0 Å². The third-order valence-corrected chi connectivity index (χ3v) is 4.94. The van der Waals surface area contributed by atoms with E-state index in [4.69, 9.17) is 0 Å². The summed E-state index contributed by atoms with van der Waals surface area (Å²) in [6.07, 6.45) is 14.4. The average molecular weight is 403 g/mol. The van der Waals surface area contributed by atoms with E-state index >= 15 is 0 Å². The van der Waals surface area contributed by atoms with E-state index in [0.717, 1.165) is 12.8 Å². The number of hydrogen-bond donors (Lipinski definition) is 2. The molecule has 1 aromatic carbocycles. The number of para-hydroxylation sites is 1. The zero-order chi connectivity index (χ0) is 21.5. The van der Waals surface area contributed by atoms with Crippen LogP contribution in [-0.2, 0) is 4.79 Å². The standard InChI is InChI=1S/C25H42N2O2/c1-5-6-7-8-9-10-11-12-13-14-15-20-23(28)26-22-19-17-16-18-21(22)24(29)27-25(2,3)4/h16-19H,5-15,20H2,1-4H3,(H,26,28)(H,27,29). The summed E-state index contributed by atoms with van der Waals surface area (Å²) in [7, 11) is 0. The van der Waals surface area contributed by atoms with Crippen molar-refractivity contribution >= 4 is 17.5 Å². The molecule has 1 rings (SSSR count). The minimum absolute atomic E-state index is 0.0167. The fourth-order valence-corrected chi connectivity index (χ4v) is 3.36. The Bertz CT molecular complexity index is 605. The monoisotopic (exact) mass is 402 g/mol. The van der Waals surface area contributed by atoms with Crippen LogP contribution in [0.5, 0.6) is 0 Å². The normalized spacial score (nSPS) is 11.3. The molecule has 1 aromatic rings. The molecule has 2 N–H and O–H groups in total. The van der Waals surface area contributed by atoms with Crippen LogP contribution in [0.25, 0.3) is 0 Å². The molecule has 0 aliphatic heterocycles. The zero-order valence-corrected chi connectivity index (χ0v) is 19.1. The fourth-order valence-electron chi connectivity index (χ4n) is 3.36. The van der Waals surface area contributed by atoms with Gasteiger partial charge in [-0.3, -0.25) is 9.59 Å². The van der Waals surface area contributed by atoms with Crippen molar-refractivity contribution < 1.29 is 9.59 Å². The van der Waals surface area contributed by atoms with Gasteiger partial charge in [0, 0.05) is 12.0 Å². The van der Waals surface area contributed by atoms with Crippen LogP contribution < -0.4 is 10.6 Å². The maximum atomic E-state index is 12.5. The Morgan fingerprint density at radius 1 is 0.793 bits per heavy atom. The van der Waals surface area contributed by atoms with Gasteiger partial charge in [-0.15, -0.1) is 0 Å². The topological polar surface area (TPSA) is 58.2 Å². The molecule has 0 radical (unpaired) electrons. The molecule has 0 atom stereocenters. The van der Waals surface area contributed by atoms with Crippen molar-refractivity contribution in [2.45, 2.75) is 110 Å². The van der Waals surface area contributed by atoms with Crippen molar-refractivity contribution in [2.75, 3.05) is 5.32 Å². The molecular weight excluding hydrogens is 360 g/mol. The first-order chi connectivity index (χ1) is 13.8.